The zero-order chi connectivity index (χ0) is 17.0. The first-order valence-electron chi connectivity index (χ1n) is 8.73. The molecule has 1 aromatic carbocycles. The average Bonchev–Trinajstić information content (AvgIpc) is 2.94. The Labute approximate surface area is 146 Å². The maximum absolute atomic E-state index is 12.9. The van der Waals surface area contributed by atoms with E-state index in [9.17, 15) is 4.79 Å². The number of carbonyl (C=O) groups excluding carboxylic acids is 1. The number of hydrogen-bond acceptors (Lipinski definition) is 3. The summed E-state index contributed by atoms with van der Waals surface area (Å²) in [5.74, 6) is 0.161. The number of benzene rings is 1. The minimum absolute atomic E-state index is 0.161. The SMILES string of the molecule is CN1CCc2c(c3cccc4c3n2CC(=O)N4Cc2ccncc2)C1. The molecule has 5 heteroatoms. The van der Waals surface area contributed by atoms with E-state index in [1.54, 1.807) is 12.4 Å². The van der Waals surface area contributed by atoms with Crippen molar-refractivity contribution in [2.45, 2.75) is 26.1 Å². The second kappa shape index (κ2) is 5.43. The number of aromatic nitrogens is 2. The molecule has 3 aromatic rings. The fourth-order valence-corrected chi connectivity index (χ4v) is 4.21. The van der Waals surface area contributed by atoms with Crippen molar-refractivity contribution in [2.75, 3.05) is 18.5 Å². The summed E-state index contributed by atoms with van der Waals surface area (Å²) in [7, 11) is 2.16. The van der Waals surface area contributed by atoms with E-state index in [1.165, 1.54) is 22.2 Å². The first kappa shape index (κ1) is 14.7. The molecule has 126 valence electrons. The highest BCUT2D eigenvalue weighted by Gasteiger charge is 2.31. The van der Waals surface area contributed by atoms with Crippen molar-refractivity contribution >= 4 is 22.5 Å². The predicted molar refractivity (Wildman–Crippen MR) is 97.4 cm³/mol. The van der Waals surface area contributed by atoms with E-state index in [0.29, 0.717) is 13.1 Å². The molecule has 2 aliphatic rings. The lowest BCUT2D eigenvalue weighted by Gasteiger charge is -2.30. The Bertz CT molecular complexity index is 976. The van der Waals surface area contributed by atoms with Crippen molar-refractivity contribution in [3.63, 3.8) is 0 Å². The first-order valence-corrected chi connectivity index (χ1v) is 8.73. The molecule has 5 rings (SSSR count). The number of para-hydroxylation sites is 1. The summed E-state index contributed by atoms with van der Waals surface area (Å²) in [5, 5.41) is 1.30. The molecule has 25 heavy (non-hydrogen) atoms. The summed E-state index contributed by atoms with van der Waals surface area (Å²) in [6.07, 6.45) is 4.57. The highest BCUT2D eigenvalue weighted by molar-refractivity contribution is 6.07. The van der Waals surface area contributed by atoms with Crippen LogP contribution in [0.4, 0.5) is 5.69 Å². The monoisotopic (exact) mass is 332 g/mol. The number of carbonyl (C=O) groups is 1. The minimum atomic E-state index is 0.161. The highest BCUT2D eigenvalue weighted by atomic mass is 16.2. The summed E-state index contributed by atoms with van der Waals surface area (Å²) in [6, 6.07) is 10.3. The predicted octanol–water partition coefficient (Wildman–Crippen LogP) is 2.57. The van der Waals surface area contributed by atoms with Gasteiger partial charge in [0.15, 0.2) is 0 Å². The van der Waals surface area contributed by atoms with Crippen molar-refractivity contribution in [1.29, 1.82) is 0 Å². The van der Waals surface area contributed by atoms with Crippen LogP contribution in [0, 0.1) is 0 Å². The number of rotatable bonds is 2. The number of likely N-dealkylation sites (N-methyl/N-ethyl adjacent to an activating group) is 1. The quantitative estimate of drug-likeness (QED) is 0.724. The van der Waals surface area contributed by atoms with E-state index in [4.69, 9.17) is 0 Å². The highest BCUT2D eigenvalue weighted by Crippen LogP contribution is 2.39. The summed E-state index contributed by atoms with van der Waals surface area (Å²) in [6.45, 7) is 3.04. The number of pyridine rings is 1. The van der Waals surface area contributed by atoms with Gasteiger partial charge in [-0.05, 0) is 36.4 Å². The van der Waals surface area contributed by atoms with Gasteiger partial charge in [0.1, 0.15) is 6.54 Å². The zero-order valence-electron chi connectivity index (χ0n) is 14.3. The van der Waals surface area contributed by atoms with Gasteiger partial charge >= 0.3 is 0 Å². The van der Waals surface area contributed by atoms with Crippen molar-refractivity contribution in [3.8, 4) is 0 Å². The van der Waals surface area contributed by atoms with Crippen LogP contribution in [0.25, 0.3) is 10.9 Å². The van der Waals surface area contributed by atoms with Crippen LogP contribution in [0.15, 0.2) is 42.7 Å². The first-order chi connectivity index (χ1) is 12.2. The molecule has 0 bridgehead atoms. The van der Waals surface area contributed by atoms with E-state index in [1.807, 2.05) is 17.0 Å². The topological polar surface area (TPSA) is 41.4 Å². The smallest absolute Gasteiger partial charge is 0.247 e. The maximum Gasteiger partial charge on any atom is 0.247 e. The second-order valence-corrected chi connectivity index (χ2v) is 7.01. The van der Waals surface area contributed by atoms with Crippen molar-refractivity contribution in [1.82, 2.24) is 14.5 Å². The molecule has 1 amide bonds. The van der Waals surface area contributed by atoms with Gasteiger partial charge < -0.3 is 14.4 Å². The van der Waals surface area contributed by atoms with Gasteiger partial charge in [-0.3, -0.25) is 9.78 Å². The van der Waals surface area contributed by atoms with Crippen LogP contribution in [-0.2, 0) is 30.8 Å². The molecule has 2 aromatic heterocycles. The molecule has 0 saturated heterocycles. The van der Waals surface area contributed by atoms with Gasteiger partial charge in [-0.15, -0.1) is 0 Å². The van der Waals surface area contributed by atoms with Crippen molar-refractivity contribution in [3.05, 3.63) is 59.5 Å². The molecule has 0 N–H and O–H groups in total. The van der Waals surface area contributed by atoms with Crippen LogP contribution >= 0.6 is 0 Å². The van der Waals surface area contributed by atoms with Crippen LogP contribution in [0.3, 0.4) is 0 Å². The largest absolute Gasteiger partial charge is 0.333 e. The molecule has 2 aliphatic heterocycles. The van der Waals surface area contributed by atoms with E-state index in [2.05, 4.69) is 39.7 Å². The molecular formula is C20H20N4O. The summed E-state index contributed by atoms with van der Waals surface area (Å²) in [4.78, 5) is 21.3. The van der Waals surface area contributed by atoms with Gasteiger partial charge in [0.05, 0.1) is 17.7 Å². The van der Waals surface area contributed by atoms with Gasteiger partial charge in [0.2, 0.25) is 5.91 Å². The summed E-state index contributed by atoms with van der Waals surface area (Å²) < 4.78 is 2.26. The van der Waals surface area contributed by atoms with Gasteiger partial charge in [0, 0.05) is 43.0 Å². The number of amides is 1. The average molecular weight is 332 g/mol. The standard InChI is InChI=1S/C20H20N4O/c1-22-10-7-17-16(12-22)15-3-2-4-18-20(15)24(17)13-19(25)23(18)11-14-5-8-21-9-6-14/h2-6,8-9H,7,10-13H2,1H3. The normalized spacial score (nSPS) is 17.2. The fourth-order valence-electron chi connectivity index (χ4n) is 4.21. The fraction of sp³-hybridized carbons (Fsp3) is 0.300. The molecule has 0 aliphatic carbocycles. The Morgan fingerprint density at radius 2 is 1.96 bits per heavy atom. The Morgan fingerprint density at radius 1 is 1.12 bits per heavy atom. The van der Waals surface area contributed by atoms with Crippen LogP contribution in [0.5, 0.6) is 0 Å². The Hall–Kier alpha value is -2.66. The molecule has 0 radical (unpaired) electrons. The lowest BCUT2D eigenvalue weighted by Crippen LogP contribution is -2.37. The number of fused-ring (bicyclic) bond motifs is 3. The lowest BCUT2D eigenvalue weighted by molar-refractivity contribution is -0.119. The van der Waals surface area contributed by atoms with Crippen LogP contribution in [0.2, 0.25) is 0 Å². The van der Waals surface area contributed by atoms with Crippen molar-refractivity contribution < 1.29 is 4.79 Å². The molecule has 0 saturated carbocycles. The van der Waals surface area contributed by atoms with Crippen LogP contribution < -0.4 is 4.90 Å². The third-order valence-corrected chi connectivity index (χ3v) is 5.42. The van der Waals surface area contributed by atoms with Crippen LogP contribution in [0.1, 0.15) is 16.8 Å². The van der Waals surface area contributed by atoms with E-state index >= 15 is 0 Å². The Kier molecular flexibility index (Phi) is 3.18. The molecule has 4 heterocycles. The van der Waals surface area contributed by atoms with Gasteiger partial charge in [-0.2, -0.15) is 0 Å². The number of nitrogens with zero attached hydrogens (tertiary/aromatic N) is 4. The second-order valence-electron chi connectivity index (χ2n) is 7.01. The minimum Gasteiger partial charge on any atom is -0.333 e. The van der Waals surface area contributed by atoms with Gasteiger partial charge in [-0.25, -0.2) is 0 Å². The Balaban J connectivity index is 1.68. The molecule has 5 nitrogen and oxygen atoms in total. The number of anilines is 1. The van der Waals surface area contributed by atoms with Crippen molar-refractivity contribution in [2.24, 2.45) is 0 Å². The van der Waals surface area contributed by atoms with E-state index < -0.39 is 0 Å². The molecule has 0 fully saturated rings. The maximum atomic E-state index is 12.9. The molecule has 0 spiro atoms. The number of hydrogen-bond donors (Lipinski definition) is 0. The summed E-state index contributed by atoms with van der Waals surface area (Å²) in [5.41, 5.74) is 6.09. The lowest BCUT2D eigenvalue weighted by atomic mass is 10.0. The van der Waals surface area contributed by atoms with E-state index in [-0.39, 0.29) is 5.91 Å². The van der Waals surface area contributed by atoms with E-state index in [0.717, 1.165) is 30.8 Å². The molecule has 0 unspecified atom stereocenters. The third kappa shape index (κ3) is 2.19. The molecular weight excluding hydrogens is 312 g/mol. The third-order valence-electron chi connectivity index (χ3n) is 5.42. The Morgan fingerprint density at radius 3 is 2.80 bits per heavy atom. The molecule has 0 atom stereocenters. The zero-order valence-corrected chi connectivity index (χ0v) is 14.3. The van der Waals surface area contributed by atoms with Gasteiger partial charge in [-0.1, -0.05) is 12.1 Å². The summed E-state index contributed by atoms with van der Waals surface area (Å²) >= 11 is 0. The van der Waals surface area contributed by atoms with Gasteiger partial charge in [0.25, 0.3) is 0 Å². The van der Waals surface area contributed by atoms with Crippen LogP contribution in [-0.4, -0.2) is 34.0 Å².